The summed E-state index contributed by atoms with van der Waals surface area (Å²) >= 11 is 0. The number of aromatic nitrogens is 3. The van der Waals surface area contributed by atoms with Gasteiger partial charge in [-0.05, 0) is 33.2 Å². The minimum Gasteiger partial charge on any atom is -0.314 e. The molecule has 1 aromatic rings. The Labute approximate surface area is 91.1 Å². The first-order valence-electron chi connectivity index (χ1n) is 5.86. The van der Waals surface area contributed by atoms with Crippen LogP contribution in [-0.4, -0.2) is 22.0 Å². The summed E-state index contributed by atoms with van der Waals surface area (Å²) in [5.74, 6) is 0.720. The van der Waals surface area contributed by atoms with Crippen molar-refractivity contribution in [1.29, 1.82) is 0 Å². The second-order valence-electron chi connectivity index (χ2n) is 4.43. The van der Waals surface area contributed by atoms with E-state index in [1.165, 1.54) is 18.5 Å². The molecule has 1 atom stereocenters. The van der Waals surface area contributed by atoms with E-state index in [1.807, 2.05) is 7.05 Å². The van der Waals surface area contributed by atoms with Gasteiger partial charge in [0, 0.05) is 12.5 Å². The largest absolute Gasteiger partial charge is 0.314 e. The van der Waals surface area contributed by atoms with Gasteiger partial charge in [0.05, 0.1) is 17.4 Å². The maximum absolute atomic E-state index is 4.29. The summed E-state index contributed by atoms with van der Waals surface area (Å²) in [6.45, 7) is 5.24. The highest BCUT2D eigenvalue weighted by Gasteiger charge is 2.31. The molecular formula is C11H20N4. The predicted molar refractivity (Wildman–Crippen MR) is 59.8 cm³/mol. The van der Waals surface area contributed by atoms with E-state index in [-0.39, 0.29) is 0 Å². The van der Waals surface area contributed by atoms with Crippen molar-refractivity contribution in [2.24, 2.45) is 0 Å². The average Bonchev–Trinajstić information content (AvgIpc) is 3.00. The lowest BCUT2D eigenvalue weighted by molar-refractivity contribution is 0.448. The van der Waals surface area contributed by atoms with Crippen LogP contribution in [-0.2, 0) is 6.54 Å². The van der Waals surface area contributed by atoms with Crippen molar-refractivity contribution in [2.75, 3.05) is 7.05 Å². The van der Waals surface area contributed by atoms with Gasteiger partial charge in [-0.3, -0.25) is 0 Å². The number of hydrogen-bond acceptors (Lipinski definition) is 3. The van der Waals surface area contributed by atoms with Crippen LogP contribution in [0, 0.1) is 0 Å². The molecule has 0 amide bonds. The summed E-state index contributed by atoms with van der Waals surface area (Å²) in [4.78, 5) is 0. The van der Waals surface area contributed by atoms with Crippen LogP contribution in [0.5, 0.6) is 0 Å². The van der Waals surface area contributed by atoms with Crippen LogP contribution in [0.1, 0.15) is 56.5 Å². The van der Waals surface area contributed by atoms with Crippen molar-refractivity contribution in [2.45, 2.75) is 51.6 Å². The summed E-state index contributed by atoms with van der Waals surface area (Å²) in [6, 6.07) is 0.471. The van der Waals surface area contributed by atoms with E-state index in [0.717, 1.165) is 24.6 Å². The maximum atomic E-state index is 4.29. The normalized spacial score (nSPS) is 18.1. The standard InChI is InChI=1S/C11H20N4/c1-4-8(2)15-11(9-5-6-9)10(7-12-3)13-14-15/h8-9,12H,4-7H2,1-3H3. The Kier molecular flexibility index (Phi) is 3.05. The molecule has 1 aliphatic carbocycles. The molecule has 0 aliphatic heterocycles. The third-order valence-corrected chi connectivity index (χ3v) is 3.12. The molecule has 0 aromatic carbocycles. The zero-order valence-corrected chi connectivity index (χ0v) is 9.82. The SMILES string of the molecule is CCC(C)n1nnc(CNC)c1C1CC1. The van der Waals surface area contributed by atoms with Crippen molar-refractivity contribution in [3.8, 4) is 0 Å². The third kappa shape index (κ3) is 2.04. The third-order valence-electron chi connectivity index (χ3n) is 3.12. The van der Waals surface area contributed by atoms with Gasteiger partial charge in [-0.2, -0.15) is 0 Å². The second-order valence-corrected chi connectivity index (χ2v) is 4.43. The molecule has 0 bridgehead atoms. The van der Waals surface area contributed by atoms with Gasteiger partial charge in [0.2, 0.25) is 0 Å². The van der Waals surface area contributed by atoms with Crippen LogP contribution < -0.4 is 5.32 Å². The van der Waals surface area contributed by atoms with Gasteiger partial charge in [0.1, 0.15) is 0 Å². The molecule has 1 aromatic heterocycles. The molecule has 0 spiro atoms. The minimum atomic E-state index is 0.471. The molecule has 1 aliphatic rings. The molecule has 1 saturated carbocycles. The van der Waals surface area contributed by atoms with Crippen LogP contribution >= 0.6 is 0 Å². The summed E-state index contributed by atoms with van der Waals surface area (Å²) in [7, 11) is 1.96. The number of nitrogens with zero attached hydrogens (tertiary/aromatic N) is 3. The molecular weight excluding hydrogens is 188 g/mol. The summed E-state index contributed by atoms with van der Waals surface area (Å²) in [5.41, 5.74) is 2.51. The smallest absolute Gasteiger partial charge is 0.0999 e. The fraction of sp³-hybridized carbons (Fsp3) is 0.818. The van der Waals surface area contributed by atoms with Crippen LogP contribution in [0.15, 0.2) is 0 Å². The first kappa shape index (κ1) is 10.6. The van der Waals surface area contributed by atoms with Gasteiger partial charge in [0.15, 0.2) is 0 Å². The van der Waals surface area contributed by atoms with E-state index >= 15 is 0 Å². The lowest BCUT2D eigenvalue weighted by atomic mass is 10.2. The molecule has 0 saturated heterocycles. The fourth-order valence-corrected chi connectivity index (χ4v) is 1.91. The molecule has 1 N–H and O–H groups in total. The molecule has 4 nitrogen and oxygen atoms in total. The van der Waals surface area contributed by atoms with Crippen molar-refractivity contribution < 1.29 is 0 Å². The van der Waals surface area contributed by atoms with Crippen molar-refractivity contribution in [3.63, 3.8) is 0 Å². The summed E-state index contributed by atoms with van der Waals surface area (Å²) in [6.07, 6.45) is 3.73. The van der Waals surface area contributed by atoms with Gasteiger partial charge in [-0.25, -0.2) is 4.68 Å². The lowest BCUT2D eigenvalue weighted by Gasteiger charge is -2.12. The van der Waals surface area contributed by atoms with Crippen LogP contribution in [0.4, 0.5) is 0 Å². The van der Waals surface area contributed by atoms with E-state index in [1.54, 1.807) is 0 Å². The Balaban J connectivity index is 2.29. The first-order chi connectivity index (χ1) is 7.27. The monoisotopic (exact) mass is 208 g/mol. The summed E-state index contributed by atoms with van der Waals surface area (Å²) < 4.78 is 2.13. The van der Waals surface area contributed by atoms with Gasteiger partial charge in [0.25, 0.3) is 0 Å². The number of hydrogen-bond donors (Lipinski definition) is 1. The maximum Gasteiger partial charge on any atom is 0.0999 e. The molecule has 1 fully saturated rings. The highest BCUT2D eigenvalue weighted by Crippen LogP contribution is 2.42. The number of nitrogens with one attached hydrogen (secondary N) is 1. The molecule has 2 rings (SSSR count). The van der Waals surface area contributed by atoms with Crippen LogP contribution in [0.25, 0.3) is 0 Å². The van der Waals surface area contributed by atoms with Crippen molar-refractivity contribution in [3.05, 3.63) is 11.4 Å². The highest BCUT2D eigenvalue weighted by molar-refractivity contribution is 5.21. The van der Waals surface area contributed by atoms with Gasteiger partial charge in [-0.15, -0.1) is 5.10 Å². The minimum absolute atomic E-state index is 0.471. The first-order valence-corrected chi connectivity index (χ1v) is 5.86. The van der Waals surface area contributed by atoms with Crippen molar-refractivity contribution >= 4 is 0 Å². The zero-order chi connectivity index (χ0) is 10.8. The number of rotatable bonds is 5. The zero-order valence-electron chi connectivity index (χ0n) is 9.82. The topological polar surface area (TPSA) is 42.7 Å². The van der Waals surface area contributed by atoms with E-state index < -0.39 is 0 Å². The van der Waals surface area contributed by atoms with E-state index in [4.69, 9.17) is 0 Å². The molecule has 15 heavy (non-hydrogen) atoms. The molecule has 84 valence electrons. The molecule has 1 unspecified atom stereocenters. The van der Waals surface area contributed by atoms with E-state index in [9.17, 15) is 0 Å². The van der Waals surface area contributed by atoms with E-state index in [0.29, 0.717) is 6.04 Å². The van der Waals surface area contributed by atoms with Gasteiger partial charge in [-0.1, -0.05) is 12.1 Å². The molecule has 1 heterocycles. The Bertz CT molecular complexity index is 327. The van der Waals surface area contributed by atoms with Gasteiger partial charge >= 0.3 is 0 Å². The fourth-order valence-electron chi connectivity index (χ4n) is 1.91. The van der Waals surface area contributed by atoms with Gasteiger partial charge < -0.3 is 5.32 Å². The molecule has 4 heteroatoms. The quantitative estimate of drug-likeness (QED) is 0.803. The van der Waals surface area contributed by atoms with Crippen LogP contribution in [0.2, 0.25) is 0 Å². The predicted octanol–water partition coefficient (Wildman–Crippen LogP) is 1.85. The Morgan fingerprint density at radius 3 is 2.80 bits per heavy atom. The Hall–Kier alpha value is -0.900. The summed E-state index contributed by atoms with van der Waals surface area (Å²) in [5, 5.41) is 11.7. The Morgan fingerprint density at radius 2 is 2.27 bits per heavy atom. The lowest BCUT2D eigenvalue weighted by Crippen LogP contribution is -2.12. The van der Waals surface area contributed by atoms with Crippen molar-refractivity contribution in [1.82, 2.24) is 20.3 Å². The highest BCUT2D eigenvalue weighted by atomic mass is 15.4. The van der Waals surface area contributed by atoms with Crippen LogP contribution in [0.3, 0.4) is 0 Å². The average molecular weight is 208 g/mol. The van der Waals surface area contributed by atoms with E-state index in [2.05, 4.69) is 34.2 Å². The molecule has 0 radical (unpaired) electrons. The Morgan fingerprint density at radius 1 is 1.53 bits per heavy atom. The second kappa shape index (κ2) is 4.31.